The summed E-state index contributed by atoms with van der Waals surface area (Å²) >= 11 is 0. The Balaban J connectivity index is 1.61. The van der Waals surface area contributed by atoms with Crippen molar-refractivity contribution in [3.63, 3.8) is 0 Å². The van der Waals surface area contributed by atoms with Crippen LogP contribution in [0.3, 0.4) is 0 Å². The van der Waals surface area contributed by atoms with Crippen molar-refractivity contribution in [3.05, 3.63) is 116 Å². The second kappa shape index (κ2) is 9.41. The molecule has 172 valence electrons. The fourth-order valence-corrected chi connectivity index (χ4v) is 3.34. The molecule has 0 fully saturated rings. The molecule has 0 spiro atoms. The van der Waals surface area contributed by atoms with E-state index in [4.69, 9.17) is 0 Å². The van der Waals surface area contributed by atoms with Crippen LogP contribution in [0.1, 0.15) is 15.9 Å². The summed E-state index contributed by atoms with van der Waals surface area (Å²) in [4.78, 5) is 39.4. The molecule has 0 aliphatic rings. The summed E-state index contributed by atoms with van der Waals surface area (Å²) in [5.74, 6) is -2.88. The van der Waals surface area contributed by atoms with E-state index in [9.17, 15) is 28.4 Å². The highest BCUT2D eigenvalue weighted by Gasteiger charge is 2.21. The molecule has 0 aliphatic heterocycles. The third-order valence-corrected chi connectivity index (χ3v) is 4.94. The summed E-state index contributed by atoms with van der Waals surface area (Å²) in [6, 6.07) is 19.3. The Kier molecular flexibility index (Phi) is 6.22. The first-order valence-electron chi connectivity index (χ1n) is 10.1. The Morgan fingerprint density at radius 2 is 1.53 bits per heavy atom. The number of nitrogens with one attached hydrogen (secondary N) is 3. The van der Waals surface area contributed by atoms with Gasteiger partial charge in [0, 0.05) is 18.3 Å². The summed E-state index contributed by atoms with van der Waals surface area (Å²) in [5, 5.41) is 14.9. The van der Waals surface area contributed by atoms with Gasteiger partial charge in [0.15, 0.2) is 0 Å². The molecule has 1 aromatic heterocycles. The second-order valence-corrected chi connectivity index (χ2v) is 7.33. The SMILES string of the molecule is O=C(NCc1cc(F)cc(F)c1)c1c(Nc2ccc(-c3ccccc3)cc2)[nH]c(=O)n(O)c1=O. The standard InChI is InChI=1S/C24H18F2N4O4/c25-17-10-14(11-18(26)12-17)13-27-22(31)20-21(29-24(33)30(34)23(20)32)28-19-8-6-16(7-9-19)15-4-2-1-3-5-15/h1-12,28,34H,13H2,(H,27,31)(H,29,33). The molecular formula is C24H18F2N4O4. The molecule has 4 rings (SSSR count). The lowest BCUT2D eigenvalue weighted by molar-refractivity contribution is 0.0940. The van der Waals surface area contributed by atoms with Crippen LogP contribution in [0.4, 0.5) is 20.3 Å². The Labute approximate surface area is 191 Å². The molecule has 4 aromatic rings. The normalized spacial score (nSPS) is 10.6. The minimum absolute atomic E-state index is 0.116. The number of aromatic amines is 1. The van der Waals surface area contributed by atoms with E-state index >= 15 is 0 Å². The molecule has 0 atom stereocenters. The maximum Gasteiger partial charge on any atom is 0.363 e. The molecular weight excluding hydrogens is 446 g/mol. The first-order valence-corrected chi connectivity index (χ1v) is 10.1. The van der Waals surface area contributed by atoms with Crippen molar-refractivity contribution < 1.29 is 18.8 Å². The zero-order valence-electron chi connectivity index (χ0n) is 17.5. The lowest BCUT2D eigenvalue weighted by Crippen LogP contribution is -2.40. The number of anilines is 2. The van der Waals surface area contributed by atoms with Crippen molar-refractivity contribution in [1.29, 1.82) is 0 Å². The Morgan fingerprint density at radius 1 is 0.912 bits per heavy atom. The van der Waals surface area contributed by atoms with Gasteiger partial charge < -0.3 is 15.8 Å². The number of hydrogen-bond donors (Lipinski definition) is 4. The predicted molar refractivity (Wildman–Crippen MR) is 121 cm³/mol. The Bertz CT molecular complexity index is 1450. The number of hydrogen-bond acceptors (Lipinski definition) is 5. The summed E-state index contributed by atoms with van der Waals surface area (Å²) in [6.07, 6.45) is 0. The quantitative estimate of drug-likeness (QED) is 0.327. The first-order chi connectivity index (χ1) is 16.3. The average Bonchev–Trinajstić information content (AvgIpc) is 2.82. The number of carbonyl (C=O) groups is 1. The first kappa shape index (κ1) is 22.5. The summed E-state index contributed by atoms with van der Waals surface area (Å²) < 4.78 is 26.5. The van der Waals surface area contributed by atoms with Crippen LogP contribution in [-0.2, 0) is 6.54 Å². The highest BCUT2D eigenvalue weighted by atomic mass is 19.1. The molecule has 0 aliphatic carbocycles. The van der Waals surface area contributed by atoms with Crippen molar-refractivity contribution in [1.82, 2.24) is 15.0 Å². The van der Waals surface area contributed by atoms with Crippen molar-refractivity contribution >= 4 is 17.4 Å². The van der Waals surface area contributed by atoms with Gasteiger partial charge in [0.05, 0.1) is 0 Å². The van der Waals surface area contributed by atoms with E-state index in [0.29, 0.717) is 11.8 Å². The number of aromatic nitrogens is 2. The average molecular weight is 464 g/mol. The molecule has 34 heavy (non-hydrogen) atoms. The molecule has 1 heterocycles. The molecule has 1 amide bonds. The van der Waals surface area contributed by atoms with Gasteiger partial charge in [-0.05, 0) is 41.0 Å². The van der Waals surface area contributed by atoms with Crippen LogP contribution >= 0.6 is 0 Å². The van der Waals surface area contributed by atoms with Gasteiger partial charge in [-0.3, -0.25) is 14.6 Å². The second-order valence-electron chi connectivity index (χ2n) is 7.33. The summed E-state index contributed by atoms with van der Waals surface area (Å²) in [6.45, 7) is -0.303. The van der Waals surface area contributed by atoms with Crippen molar-refractivity contribution in [2.45, 2.75) is 6.54 Å². The fourth-order valence-electron chi connectivity index (χ4n) is 3.34. The van der Waals surface area contributed by atoms with Crippen molar-refractivity contribution in [2.24, 2.45) is 0 Å². The maximum absolute atomic E-state index is 13.4. The summed E-state index contributed by atoms with van der Waals surface area (Å²) in [5.41, 5.74) is -0.541. The van der Waals surface area contributed by atoms with Gasteiger partial charge in [-0.1, -0.05) is 47.2 Å². The van der Waals surface area contributed by atoms with E-state index in [0.717, 1.165) is 23.3 Å². The highest BCUT2D eigenvalue weighted by molar-refractivity contribution is 5.99. The number of carbonyl (C=O) groups excluding carboxylic acids is 1. The Hall–Kier alpha value is -4.73. The van der Waals surface area contributed by atoms with Gasteiger partial charge in [-0.25, -0.2) is 13.6 Å². The van der Waals surface area contributed by atoms with Gasteiger partial charge in [-0.2, -0.15) is 0 Å². The lowest BCUT2D eigenvalue weighted by Gasteiger charge is -2.13. The van der Waals surface area contributed by atoms with Crippen LogP contribution in [0.25, 0.3) is 11.1 Å². The molecule has 10 heteroatoms. The highest BCUT2D eigenvalue weighted by Crippen LogP contribution is 2.23. The van der Waals surface area contributed by atoms with Crippen molar-refractivity contribution in [3.8, 4) is 11.1 Å². The number of H-pyrrole nitrogens is 1. The topological polar surface area (TPSA) is 116 Å². The number of halogens is 2. The molecule has 0 saturated carbocycles. The van der Waals surface area contributed by atoms with Gasteiger partial charge >= 0.3 is 11.2 Å². The van der Waals surface area contributed by atoms with Crippen molar-refractivity contribution in [2.75, 3.05) is 5.32 Å². The largest absolute Gasteiger partial charge is 0.421 e. The monoisotopic (exact) mass is 464 g/mol. The number of rotatable bonds is 6. The molecule has 0 saturated heterocycles. The van der Waals surface area contributed by atoms with Gasteiger partial charge in [0.1, 0.15) is 23.0 Å². The van der Waals surface area contributed by atoms with Crippen LogP contribution in [0.2, 0.25) is 0 Å². The molecule has 4 N–H and O–H groups in total. The number of benzene rings is 3. The number of nitrogens with zero attached hydrogens (tertiary/aromatic N) is 1. The van der Waals surface area contributed by atoms with Gasteiger partial charge in [0.2, 0.25) is 0 Å². The van der Waals surface area contributed by atoms with E-state index in [-0.39, 0.29) is 22.7 Å². The van der Waals surface area contributed by atoms with Crippen LogP contribution < -0.4 is 21.9 Å². The van der Waals surface area contributed by atoms with Gasteiger partial charge in [-0.15, -0.1) is 0 Å². The smallest absolute Gasteiger partial charge is 0.363 e. The molecule has 0 radical (unpaired) electrons. The molecule has 0 bridgehead atoms. The molecule has 3 aromatic carbocycles. The fraction of sp³-hybridized carbons (Fsp3) is 0.0417. The van der Waals surface area contributed by atoms with E-state index in [1.165, 1.54) is 0 Å². The van der Waals surface area contributed by atoms with Crippen LogP contribution in [0, 0.1) is 11.6 Å². The van der Waals surface area contributed by atoms with Crippen LogP contribution in [-0.4, -0.2) is 20.8 Å². The zero-order valence-corrected chi connectivity index (χ0v) is 17.5. The number of amides is 1. The predicted octanol–water partition coefficient (Wildman–Crippen LogP) is 3.39. The minimum Gasteiger partial charge on any atom is -0.421 e. The third-order valence-electron chi connectivity index (χ3n) is 4.94. The maximum atomic E-state index is 13.4. The third kappa shape index (κ3) is 4.85. The Morgan fingerprint density at radius 3 is 2.18 bits per heavy atom. The van der Waals surface area contributed by atoms with Gasteiger partial charge in [0.25, 0.3) is 5.91 Å². The summed E-state index contributed by atoms with van der Waals surface area (Å²) in [7, 11) is 0. The van der Waals surface area contributed by atoms with E-state index in [2.05, 4.69) is 15.6 Å². The van der Waals surface area contributed by atoms with E-state index in [1.807, 2.05) is 30.3 Å². The van der Waals surface area contributed by atoms with E-state index < -0.39 is 34.4 Å². The lowest BCUT2D eigenvalue weighted by atomic mass is 10.1. The minimum atomic E-state index is -1.27. The zero-order chi connectivity index (χ0) is 24.2. The van der Waals surface area contributed by atoms with E-state index in [1.54, 1.807) is 24.3 Å². The van der Waals surface area contributed by atoms with Crippen LogP contribution in [0.5, 0.6) is 0 Å². The molecule has 8 nitrogen and oxygen atoms in total. The van der Waals surface area contributed by atoms with Crippen LogP contribution in [0.15, 0.2) is 82.4 Å². The molecule has 0 unspecified atom stereocenters.